The van der Waals surface area contributed by atoms with Crippen molar-refractivity contribution in [2.45, 2.75) is 43.8 Å². The van der Waals surface area contributed by atoms with Crippen molar-refractivity contribution in [1.82, 2.24) is 4.90 Å². The number of halogens is 1. The summed E-state index contributed by atoms with van der Waals surface area (Å²) in [5.41, 5.74) is 0. The molecule has 5 heteroatoms. The topological polar surface area (TPSA) is 41.9 Å². The summed E-state index contributed by atoms with van der Waals surface area (Å²) in [6.45, 7) is 4.02. The summed E-state index contributed by atoms with van der Waals surface area (Å²) in [7, 11) is 1.41. The SMILES string of the molecule is C=NC1CC2CCC(C1C(=O)OC)N2CCCF. The molecule has 2 bridgehead atoms. The maximum Gasteiger partial charge on any atom is 0.312 e. The number of carbonyl (C=O) groups is 1. The molecule has 2 saturated heterocycles. The lowest BCUT2D eigenvalue weighted by atomic mass is 9.85. The summed E-state index contributed by atoms with van der Waals surface area (Å²) < 4.78 is 17.2. The van der Waals surface area contributed by atoms with E-state index in [-0.39, 0.29) is 30.6 Å². The molecule has 18 heavy (non-hydrogen) atoms. The first-order chi connectivity index (χ1) is 8.72. The lowest BCUT2D eigenvalue weighted by Crippen LogP contribution is -2.53. The van der Waals surface area contributed by atoms with E-state index in [1.54, 1.807) is 0 Å². The first kappa shape index (κ1) is 13.5. The van der Waals surface area contributed by atoms with Gasteiger partial charge in [0.15, 0.2) is 0 Å². The zero-order valence-electron chi connectivity index (χ0n) is 10.8. The number of hydrogen-bond donors (Lipinski definition) is 0. The quantitative estimate of drug-likeness (QED) is 0.552. The number of piperidine rings is 1. The molecule has 2 aliphatic heterocycles. The molecule has 102 valence electrons. The number of esters is 1. The van der Waals surface area contributed by atoms with Crippen molar-refractivity contribution in [3.8, 4) is 0 Å². The Morgan fingerprint density at radius 3 is 2.94 bits per heavy atom. The second-order valence-electron chi connectivity index (χ2n) is 5.11. The first-order valence-corrected chi connectivity index (χ1v) is 6.58. The van der Waals surface area contributed by atoms with Gasteiger partial charge in [-0.2, -0.15) is 0 Å². The third kappa shape index (κ3) is 2.28. The molecule has 0 amide bonds. The molecule has 0 radical (unpaired) electrons. The highest BCUT2D eigenvalue weighted by Crippen LogP contribution is 2.41. The fourth-order valence-corrected chi connectivity index (χ4v) is 3.52. The molecule has 0 N–H and O–H groups in total. The Labute approximate surface area is 107 Å². The van der Waals surface area contributed by atoms with Crippen LogP contribution in [0.3, 0.4) is 0 Å². The summed E-state index contributed by atoms with van der Waals surface area (Å²) in [6.07, 6.45) is 3.42. The first-order valence-electron chi connectivity index (χ1n) is 6.58. The molecule has 2 fully saturated rings. The van der Waals surface area contributed by atoms with Gasteiger partial charge in [0.1, 0.15) is 0 Å². The monoisotopic (exact) mass is 256 g/mol. The molecule has 0 saturated carbocycles. The van der Waals surface area contributed by atoms with Crippen molar-refractivity contribution in [2.75, 3.05) is 20.3 Å². The van der Waals surface area contributed by atoms with Crippen LogP contribution in [-0.2, 0) is 9.53 Å². The molecule has 4 nitrogen and oxygen atoms in total. The Morgan fingerprint density at radius 1 is 1.56 bits per heavy atom. The van der Waals surface area contributed by atoms with Crippen LogP contribution in [-0.4, -0.2) is 56.0 Å². The van der Waals surface area contributed by atoms with Crippen LogP contribution >= 0.6 is 0 Å². The Bertz CT molecular complexity index is 324. The zero-order chi connectivity index (χ0) is 13.1. The molecule has 0 aromatic heterocycles. The summed E-state index contributed by atoms with van der Waals surface area (Å²) in [4.78, 5) is 18.3. The Kier molecular flexibility index (Phi) is 4.32. The highest BCUT2D eigenvalue weighted by molar-refractivity contribution is 5.74. The maximum absolute atomic E-state index is 12.3. The number of methoxy groups -OCH3 is 1. The highest BCUT2D eigenvalue weighted by atomic mass is 19.1. The molecular weight excluding hydrogens is 235 g/mol. The Balaban J connectivity index is 2.15. The summed E-state index contributed by atoms with van der Waals surface area (Å²) in [5.74, 6) is -0.436. The van der Waals surface area contributed by atoms with Crippen molar-refractivity contribution in [1.29, 1.82) is 0 Å². The van der Waals surface area contributed by atoms with E-state index in [2.05, 4.69) is 16.6 Å². The van der Waals surface area contributed by atoms with Gasteiger partial charge in [0, 0.05) is 18.6 Å². The third-order valence-electron chi connectivity index (χ3n) is 4.29. The molecule has 4 atom stereocenters. The zero-order valence-corrected chi connectivity index (χ0v) is 10.8. The van der Waals surface area contributed by atoms with Gasteiger partial charge in [-0.1, -0.05) is 0 Å². The third-order valence-corrected chi connectivity index (χ3v) is 4.29. The molecule has 0 aromatic carbocycles. The van der Waals surface area contributed by atoms with Gasteiger partial charge in [-0.15, -0.1) is 0 Å². The number of rotatable bonds is 5. The average molecular weight is 256 g/mol. The summed E-state index contributed by atoms with van der Waals surface area (Å²) in [6, 6.07) is 0.535. The number of fused-ring (bicyclic) bond motifs is 2. The van der Waals surface area contributed by atoms with Crippen LogP contribution < -0.4 is 0 Å². The molecule has 0 aromatic rings. The molecule has 4 unspecified atom stereocenters. The van der Waals surface area contributed by atoms with Gasteiger partial charge in [-0.25, -0.2) is 0 Å². The average Bonchev–Trinajstić information content (AvgIpc) is 2.67. The van der Waals surface area contributed by atoms with Gasteiger partial charge in [0.2, 0.25) is 0 Å². The predicted molar refractivity (Wildman–Crippen MR) is 67.6 cm³/mol. The second-order valence-corrected chi connectivity index (χ2v) is 5.11. The number of ether oxygens (including phenoxy) is 1. The van der Waals surface area contributed by atoms with Crippen molar-refractivity contribution >= 4 is 12.7 Å². The number of aliphatic imine (C=N–C) groups is 1. The van der Waals surface area contributed by atoms with Crippen molar-refractivity contribution in [2.24, 2.45) is 10.9 Å². The van der Waals surface area contributed by atoms with Crippen LogP contribution in [0.5, 0.6) is 0 Å². The fourth-order valence-electron chi connectivity index (χ4n) is 3.52. The van der Waals surface area contributed by atoms with Crippen molar-refractivity contribution in [3.63, 3.8) is 0 Å². The number of carbonyl (C=O) groups excluding carboxylic acids is 1. The van der Waals surface area contributed by atoms with Gasteiger partial charge >= 0.3 is 5.97 Å². The molecular formula is C13H21FN2O2. The smallest absolute Gasteiger partial charge is 0.312 e. The van der Waals surface area contributed by atoms with Crippen LogP contribution in [0.15, 0.2) is 4.99 Å². The Hall–Kier alpha value is -0.970. The number of hydrogen-bond acceptors (Lipinski definition) is 4. The van der Waals surface area contributed by atoms with E-state index in [0.29, 0.717) is 12.5 Å². The largest absolute Gasteiger partial charge is 0.469 e. The van der Waals surface area contributed by atoms with E-state index in [1.165, 1.54) is 7.11 Å². The minimum absolute atomic E-state index is 0.0448. The van der Waals surface area contributed by atoms with E-state index in [0.717, 1.165) is 25.8 Å². The maximum atomic E-state index is 12.3. The fraction of sp³-hybridized carbons (Fsp3) is 0.846. The van der Waals surface area contributed by atoms with E-state index < -0.39 is 0 Å². The summed E-state index contributed by atoms with van der Waals surface area (Å²) in [5, 5.41) is 0. The van der Waals surface area contributed by atoms with E-state index in [1.807, 2.05) is 0 Å². The second kappa shape index (κ2) is 5.78. The molecule has 2 rings (SSSR count). The van der Waals surface area contributed by atoms with Gasteiger partial charge in [0.05, 0.1) is 25.7 Å². The molecule has 0 spiro atoms. The normalized spacial score (nSPS) is 35.4. The van der Waals surface area contributed by atoms with Crippen molar-refractivity contribution < 1.29 is 13.9 Å². The van der Waals surface area contributed by atoms with Crippen LogP contribution in [0.4, 0.5) is 4.39 Å². The van der Waals surface area contributed by atoms with Gasteiger partial charge < -0.3 is 4.74 Å². The van der Waals surface area contributed by atoms with Crippen LogP contribution in [0.25, 0.3) is 0 Å². The predicted octanol–water partition coefficient (Wildman–Crippen LogP) is 1.44. The van der Waals surface area contributed by atoms with E-state index >= 15 is 0 Å². The van der Waals surface area contributed by atoms with Crippen LogP contribution in [0.1, 0.15) is 25.7 Å². The highest BCUT2D eigenvalue weighted by Gasteiger charge is 2.50. The van der Waals surface area contributed by atoms with E-state index in [4.69, 9.17) is 4.74 Å². The molecule has 2 aliphatic rings. The standard InChI is InChI=1S/C13H21FN2O2/c1-15-10-8-9-4-5-11(12(10)13(17)18-2)16(9)7-3-6-14/h9-12H,1,3-8H2,2H3. The lowest BCUT2D eigenvalue weighted by Gasteiger charge is -2.41. The molecule has 0 aliphatic carbocycles. The summed E-state index contributed by atoms with van der Waals surface area (Å²) >= 11 is 0. The van der Waals surface area contributed by atoms with E-state index in [9.17, 15) is 9.18 Å². The van der Waals surface area contributed by atoms with Gasteiger partial charge in [0.25, 0.3) is 0 Å². The number of nitrogens with zero attached hydrogens (tertiary/aromatic N) is 2. The van der Waals surface area contributed by atoms with Crippen LogP contribution in [0, 0.1) is 5.92 Å². The lowest BCUT2D eigenvalue weighted by molar-refractivity contribution is -0.150. The minimum Gasteiger partial charge on any atom is -0.469 e. The van der Waals surface area contributed by atoms with Gasteiger partial charge in [-0.3, -0.25) is 19.1 Å². The Morgan fingerprint density at radius 2 is 2.33 bits per heavy atom. The van der Waals surface area contributed by atoms with Crippen molar-refractivity contribution in [3.05, 3.63) is 0 Å². The van der Waals surface area contributed by atoms with Crippen LogP contribution in [0.2, 0.25) is 0 Å². The molecule has 2 heterocycles. The number of alkyl halides is 1. The van der Waals surface area contributed by atoms with Gasteiger partial charge in [-0.05, 0) is 32.4 Å². The minimum atomic E-state index is -0.304.